The number of hydrogen-bond acceptors (Lipinski definition) is 4. The van der Waals surface area contributed by atoms with Gasteiger partial charge in [0.1, 0.15) is 5.82 Å². The van der Waals surface area contributed by atoms with Crippen molar-refractivity contribution < 1.29 is 8.42 Å². The number of fused-ring (bicyclic) bond motifs is 1. The summed E-state index contributed by atoms with van der Waals surface area (Å²) in [6, 6.07) is 8.91. The number of imidazole rings is 1. The Balaban J connectivity index is 1.62. The van der Waals surface area contributed by atoms with Gasteiger partial charge in [-0.2, -0.15) is 4.31 Å². The average molecular weight is 356 g/mol. The predicted molar refractivity (Wildman–Crippen MR) is 95.8 cm³/mol. The van der Waals surface area contributed by atoms with Crippen molar-refractivity contribution in [3.63, 3.8) is 0 Å². The van der Waals surface area contributed by atoms with E-state index in [1.54, 1.807) is 28.8 Å². The number of benzene rings is 1. The molecule has 1 atom stereocenters. The molecule has 1 aliphatic rings. The second-order valence-electron chi connectivity index (χ2n) is 6.56. The minimum atomic E-state index is -3.46. The molecule has 3 heterocycles. The SMILES string of the molecule is Cc1ccc(S(=O)(=O)N2CCC(c3nc4ccncc4n3C)C2)cc1. The summed E-state index contributed by atoms with van der Waals surface area (Å²) < 4.78 is 29.3. The maximum Gasteiger partial charge on any atom is 0.243 e. The van der Waals surface area contributed by atoms with Crippen LogP contribution in [0.1, 0.15) is 23.7 Å². The normalized spacial score (nSPS) is 18.9. The molecule has 1 aliphatic heterocycles. The highest BCUT2D eigenvalue weighted by molar-refractivity contribution is 7.89. The molecule has 25 heavy (non-hydrogen) atoms. The number of pyridine rings is 1. The molecule has 0 N–H and O–H groups in total. The van der Waals surface area contributed by atoms with Crippen LogP contribution in [0.2, 0.25) is 0 Å². The highest BCUT2D eigenvalue weighted by Crippen LogP contribution is 2.31. The van der Waals surface area contributed by atoms with E-state index in [1.807, 2.05) is 36.7 Å². The molecule has 130 valence electrons. The minimum absolute atomic E-state index is 0.0950. The van der Waals surface area contributed by atoms with Gasteiger partial charge < -0.3 is 4.57 Å². The zero-order valence-corrected chi connectivity index (χ0v) is 15.1. The molecule has 0 aliphatic carbocycles. The summed E-state index contributed by atoms with van der Waals surface area (Å²) in [5, 5.41) is 0. The van der Waals surface area contributed by atoms with E-state index in [2.05, 4.69) is 4.98 Å². The van der Waals surface area contributed by atoms with Crippen LogP contribution in [-0.4, -0.2) is 40.3 Å². The van der Waals surface area contributed by atoms with Crippen molar-refractivity contribution in [1.29, 1.82) is 0 Å². The van der Waals surface area contributed by atoms with Gasteiger partial charge in [-0.15, -0.1) is 0 Å². The maximum atomic E-state index is 12.9. The van der Waals surface area contributed by atoms with Gasteiger partial charge >= 0.3 is 0 Å². The van der Waals surface area contributed by atoms with E-state index >= 15 is 0 Å². The summed E-state index contributed by atoms with van der Waals surface area (Å²) in [5.41, 5.74) is 2.91. The molecule has 1 saturated heterocycles. The smallest absolute Gasteiger partial charge is 0.243 e. The Hall–Kier alpha value is -2.25. The van der Waals surface area contributed by atoms with Crippen LogP contribution < -0.4 is 0 Å². The second-order valence-corrected chi connectivity index (χ2v) is 8.49. The minimum Gasteiger partial charge on any atom is -0.330 e. The topological polar surface area (TPSA) is 68.1 Å². The van der Waals surface area contributed by atoms with Gasteiger partial charge in [-0.1, -0.05) is 17.7 Å². The van der Waals surface area contributed by atoms with E-state index in [-0.39, 0.29) is 5.92 Å². The molecule has 0 spiro atoms. The fraction of sp³-hybridized carbons (Fsp3) is 0.333. The number of aryl methyl sites for hydroxylation is 2. The highest BCUT2D eigenvalue weighted by atomic mass is 32.2. The molecule has 0 bridgehead atoms. The standard InChI is InChI=1S/C18H20N4O2S/c1-13-3-5-15(6-4-13)25(23,24)22-10-8-14(12-22)18-20-16-7-9-19-11-17(16)21(18)2/h3-7,9,11,14H,8,10,12H2,1-2H3. The Bertz CT molecular complexity index is 1020. The lowest BCUT2D eigenvalue weighted by Gasteiger charge is -2.17. The molecule has 1 unspecified atom stereocenters. The fourth-order valence-electron chi connectivity index (χ4n) is 3.44. The van der Waals surface area contributed by atoms with Crippen LogP contribution in [0.4, 0.5) is 0 Å². The quantitative estimate of drug-likeness (QED) is 0.723. The molecule has 7 heteroatoms. The Morgan fingerprint density at radius 1 is 1.16 bits per heavy atom. The third-order valence-corrected chi connectivity index (χ3v) is 6.77. The van der Waals surface area contributed by atoms with Crippen LogP contribution >= 0.6 is 0 Å². The Labute approximate surface area is 147 Å². The number of aromatic nitrogens is 3. The number of nitrogens with zero attached hydrogens (tertiary/aromatic N) is 4. The van der Waals surface area contributed by atoms with Gasteiger partial charge in [0.05, 0.1) is 22.1 Å². The van der Waals surface area contributed by atoms with Crippen LogP contribution in [0.15, 0.2) is 47.6 Å². The Morgan fingerprint density at radius 3 is 2.64 bits per heavy atom. The van der Waals surface area contributed by atoms with Gasteiger partial charge in [0.2, 0.25) is 10.0 Å². The molecule has 0 radical (unpaired) electrons. The van der Waals surface area contributed by atoms with Crippen molar-refractivity contribution in [3.8, 4) is 0 Å². The molecule has 0 saturated carbocycles. The van der Waals surface area contributed by atoms with E-state index in [9.17, 15) is 8.42 Å². The summed E-state index contributed by atoms with van der Waals surface area (Å²) >= 11 is 0. The summed E-state index contributed by atoms with van der Waals surface area (Å²) in [5.74, 6) is 1.02. The predicted octanol–water partition coefficient (Wildman–Crippen LogP) is 2.45. The first-order valence-corrected chi connectivity index (χ1v) is 9.74. The van der Waals surface area contributed by atoms with Crippen LogP contribution in [0, 0.1) is 6.92 Å². The van der Waals surface area contributed by atoms with Crippen molar-refractivity contribution in [2.45, 2.75) is 24.2 Å². The first-order chi connectivity index (χ1) is 12.0. The molecule has 2 aromatic heterocycles. The molecular formula is C18H20N4O2S. The van der Waals surface area contributed by atoms with E-state index < -0.39 is 10.0 Å². The zero-order chi connectivity index (χ0) is 17.6. The first-order valence-electron chi connectivity index (χ1n) is 8.30. The second kappa shape index (κ2) is 5.93. The first kappa shape index (κ1) is 16.2. The Morgan fingerprint density at radius 2 is 1.92 bits per heavy atom. The van der Waals surface area contributed by atoms with Crippen molar-refractivity contribution in [1.82, 2.24) is 18.8 Å². The third kappa shape index (κ3) is 2.73. The van der Waals surface area contributed by atoms with Crippen LogP contribution in [0.3, 0.4) is 0 Å². The van der Waals surface area contributed by atoms with E-state index in [0.29, 0.717) is 18.0 Å². The van der Waals surface area contributed by atoms with E-state index in [4.69, 9.17) is 4.98 Å². The molecule has 0 amide bonds. The average Bonchev–Trinajstić information content (AvgIpc) is 3.21. The Kier molecular flexibility index (Phi) is 3.85. The number of rotatable bonds is 3. The molecule has 6 nitrogen and oxygen atoms in total. The lowest BCUT2D eigenvalue weighted by atomic mass is 10.1. The van der Waals surface area contributed by atoms with Crippen LogP contribution in [-0.2, 0) is 17.1 Å². The summed E-state index contributed by atoms with van der Waals surface area (Å²) in [6.45, 7) is 2.92. The third-order valence-electron chi connectivity index (χ3n) is 4.89. The van der Waals surface area contributed by atoms with Gasteiger partial charge in [0.25, 0.3) is 0 Å². The van der Waals surface area contributed by atoms with Gasteiger partial charge in [0, 0.05) is 32.3 Å². The molecule has 1 fully saturated rings. The lowest BCUT2D eigenvalue weighted by Crippen LogP contribution is -2.28. The van der Waals surface area contributed by atoms with E-state index in [0.717, 1.165) is 28.8 Å². The zero-order valence-electron chi connectivity index (χ0n) is 14.3. The van der Waals surface area contributed by atoms with Gasteiger partial charge in [0.15, 0.2) is 0 Å². The molecule has 4 rings (SSSR count). The summed E-state index contributed by atoms with van der Waals surface area (Å²) in [6.07, 6.45) is 4.29. The van der Waals surface area contributed by atoms with Gasteiger partial charge in [-0.25, -0.2) is 13.4 Å². The molecule has 1 aromatic carbocycles. The highest BCUT2D eigenvalue weighted by Gasteiger charge is 2.35. The lowest BCUT2D eigenvalue weighted by molar-refractivity contribution is 0.470. The van der Waals surface area contributed by atoms with Crippen molar-refractivity contribution in [2.24, 2.45) is 7.05 Å². The number of hydrogen-bond donors (Lipinski definition) is 0. The van der Waals surface area contributed by atoms with E-state index in [1.165, 1.54) is 0 Å². The number of sulfonamides is 1. The van der Waals surface area contributed by atoms with Crippen molar-refractivity contribution in [2.75, 3.05) is 13.1 Å². The van der Waals surface area contributed by atoms with Crippen LogP contribution in [0.5, 0.6) is 0 Å². The fourth-order valence-corrected chi connectivity index (χ4v) is 4.94. The van der Waals surface area contributed by atoms with Crippen molar-refractivity contribution >= 4 is 21.1 Å². The molecule has 3 aromatic rings. The van der Waals surface area contributed by atoms with Crippen molar-refractivity contribution in [3.05, 3.63) is 54.1 Å². The summed E-state index contributed by atoms with van der Waals surface area (Å²) in [7, 11) is -1.49. The monoisotopic (exact) mass is 356 g/mol. The largest absolute Gasteiger partial charge is 0.330 e. The van der Waals surface area contributed by atoms with Crippen LogP contribution in [0.25, 0.3) is 11.0 Å². The van der Waals surface area contributed by atoms with Gasteiger partial charge in [-0.3, -0.25) is 4.98 Å². The molecular weight excluding hydrogens is 336 g/mol. The maximum absolute atomic E-state index is 12.9. The van der Waals surface area contributed by atoms with Gasteiger partial charge in [-0.05, 0) is 31.5 Å². The summed E-state index contributed by atoms with van der Waals surface area (Å²) in [4.78, 5) is 9.20.